The van der Waals surface area contributed by atoms with Gasteiger partial charge in [0, 0.05) is 12.4 Å². The molecule has 0 aliphatic heterocycles. The third kappa shape index (κ3) is 2.08. The van der Waals surface area contributed by atoms with E-state index < -0.39 is 11.9 Å². The summed E-state index contributed by atoms with van der Waals surface area (Å²) in [6.45, 7) is 0. The zero-order valence-electron chi connectivity index (χ0n) is 8.18. The highest BCUT2D eigenvalue weighted by Gasteiger charge is 2.32. The van der Waals surface area contributed by atoms with Crippen molar-refractivity contribution in [1.82, 2.24) is 19.7 Å². The van der Waals surface area contributed by atoms with Gasteiger partial charge in [0.05, 0.1) is 0 Å². The van der Waals surface area contributed by atoms with Crippen molar-refractivity contribution < 1.29 is 13.2 Å². The highest BCUT2D eigenvalue weighted by molar-refractivity contribution is 5.28. The quantitative estimate of drug-likeness (QED) is 0.757. The monoisotopic (exact) mass is 239 g/mol. The fourth-order valence-electron chi connectivity index (χ4n) is 1.18. The molecule has 0 radical (unpaired) electrons. The Bertz CT molecular complexity index is 564. The van der Waals surface area contributed by atoms with E-state index in [1.54, 1.807) is 6.07 Å². The Morgan fingerprint density at radius 2 is 2.00 bits per heavy atom. The Hall–Kier alpha value is -2.43. The first-order valence-corrected chi connectivity index (χ1v) is 4.37. The van der Waals surface area contributed by atoms with Crippen LogP contribution in [0.2, 0.25) is 0 Å². The first kappa shape index (κ1) is 11.1. The highest BCUT2D eigenvalue weighted by atomic mass is 19.4. The van der Waals surface area contributed by atoms with Crippen LogP contribution in [0.4, 0.5) is 13.2 Å². The molecular formula is C9H4F3N5. The van der Waals surface area contributed by atoms with E-state index in [0.29, 0.717) is 0 Å². The minimum absolute atomic E-state index is 0.0269. The number of halogens is 3. The minimum atomic E-state index is -4.53. The van der Waals surface area contributed by atoms with Gasteiger partial charge in [-0.3, -0.25) is 4.57 Å². The van der Waals surface area contributed by atoms with E-state index in [-0.39, 0.29) is 11.6 Å². The second kappa shape index (κ2) is 3.86. The first-order valence-electron chi connectivity index (χ1n) is 4.37. The van der Waals surface area contributed by atoms with E-state index in [1.807, 2.05) is 0 Å². The maximum absolute atomic E-state index is 12.2. The van der Waals surface area contributed by atoms with Crippen LogP contribution in [0.25, 0.3) is 5.82 Å². The number of hydrogen-bond donors (Lipinski definition) is 0. The molecule has 0 atom stereocenters. The average molecular weight is 239 g/mol. The van der Waals surface area contributed by atoms with Crippen LogP contribution in [0, 0.1) is 11.3 Å². The largest absolute Gasteiger partial charge is 0.435 e. The third-order valence-corrected chi connectivity index (χ3v) is 1.93. The van der Waals surface area contributed by atoms with Crippen LogP contribution >= 0.6 is 0 Å². The van der Waals surface area contributed by atoms with Gasteiger partial charge in [0.2, 0.25) is 5.82 Å². The molecule has 0 saturated heterocycles. The number of hydrogen-bond acceptors (Lipinski definition) is 4. The van der Waals surface area contributed by atoms with Crippen LogP contribution in [-0.2, 0) is 6.18 Å². The van der Waals surface area contributed by atoms with Crippen LogP contribution in [0.5, 0.6) is 0 Å². The Kier molecular flexibility index (Phi) is 2.51. The standard InChI is InChI=1S/C9H4F3N5/c10-9(11,12)6-1-2-7(16-15-6)17-4-3-14-8(17)5-13/h1-4H. The van der Waals surface area contributed by atoms with Crippen LogP contribution in [0.15, 0.2) is 24.5 Å². The summed E-state index contributed by atoms with van der Waals surface area (Å²) in [4.78, 5) is 3.69. The summed E-state index contributed by atoms with van der Waals surface area (Å²) in [7, 11) is 0. The topological polar surface area (TPSA) is 67.4 Å². The molecule has 0 N–H and O–H groups in total. The molecule has 2 rings (SSSR count). The zero-order valence-corrected chi connectivity index (χ0v) is 8.18. The molecule has 0 amide bonds. The van der Waals surface area contributed by atoms with Crippen LogP contribution < -0.4 is 0 Å². The van der Waals surface area contributed by atoms with E-state index in [0.717, 1.165) is 12.1 Å². The van der Waals surface area contributed by atoms with Crippen molar-refractivity contribution in [2.45, 2.75) is 6.18 Å². The van der Waals surface area contributed by atoms with Gasteiger partial charge in [0.1, 0.15) is 6.07 Å². The Morgan fingerprint density at radius 3 is 2.53 bits per heavy atom. The average Bonchev–Trinajstić information content (AvgIpc) is 2.76. The lowest BCUT2D eigenvalue weighted by molar-refractivity contribution is -0.141. The van der Waals surface area contributed by atoms with Gasteiger partial charge >= 0.3 is 6.18 Å². The SMILES string of the molecule is N#Cc1nccn1-c1ccc(C(F)(F)F)nn1. The van der Waals surface area contributed by atoms with Crippen molar-refractivity contribution in [3.8, 4) is 11.9 Å². The van der Waals surface area contributed by atoms with Crippen molar-refractivity contribution in [3.05, 3.63) is 36.0 Å². The van der Waals surface area contributed by atoms with Gasteiger partial charge in [-0.1, -0.05) is 0 Å². The molecule has 0 aliphatic rings. The highest BCUT2D eigenvalue weighted by Crippen LogP contribution is 2.26. The van der Waals surface area contributed by atoms with E-state index in [4.69, 9.17) is 5.26 Å². The molecule has 2 aromatic heterocycles. The number of nitriles is 1. The molecule has 5 nitrogen and oxygen atoms in total. The lowest BCUT2D eigenvalue weighted by Gasteiger charge is -2.05. The van der Waals surface area contributed by atoms with Crippen LogP contribution in [0.3, 0.4) is 0 Å². The van der Waals surface area contributed by atoms with Gasteiger partial charge in [-0.15, -0.1) is 10.2 Å². The van der Waals surface area contributed by atoms with Crippen molar-refractivity contribution >= 4 is 0 Å². The molecular weight excluding hydrogens is 235 g/mol. The summed E-state index contributed by atoms with van der Waals surface area (Å²) < 4.78 is 37.9. The molecule has 0 aromatic carbocycles. The molecule has 2 aromatic rings. The second-order valence-corrected chi connectivity index (χ2v) is 3.01. The summed E-state index contributed by atoms with van der Waals surface area (Å²) >= 11 is 0. The van der Waals surface area contributed by atoms with Gasteiger partial charge in [0.25, 0.3) is 0 Å². The van der Waals surface area contributed by atoms with E-state index in [2.05, 4.69) is 15.2 Å². The minimum Gasteiger partial charge on any atom is -0.274 e. The number of aromatic nitrogens is 4. The molecule has 0 fully saturated rings. The molecule has 86 valence electrons. The molecule has 0 bridgehead atoms. The third-order valence-electron chi connectivity index (χ3n) is 1.93. The Morgan fingerprint density at radius 1 is 1.24 bits per heavy atom. The lowest BCUT2D eigenvalue weighted by Crippen LogP contribution is -2.10. The van der Waals surface area contributed by atoms with Crippen LogP contribution in [0.1, 0.15) is 11.5 Å². The van der Waals surface area contributed by atoms with Gasteiger partial charge in [-0.05, 0) is 12.1 Å². The van der Waals surface area contributed by atoms with Crippen molar-refractivity contribution in [2.75, 3.05) is 0 Å². The molecule has 0 aliphatic carbocycles. The second-order valence-electron chi connectivity index (χ2n) is 3.01. The van der Waals surface area contributed by atoms with E-state index in [9.17, 15) is 13.2 Å². The van der Waals surface area contributed by atoms with Crippen molar-refractivity contribution in [1.29, 1.82) is 5.26 Å². The molecule has 0 spiro atoms. The summed E-state index contributed by atoms with van der Waals surface area (Å²) in [5.74, 6) is 0.131. The normalized spacial score (nSPS) is 11.2. The number of imidazole rings is 1. The van der Waals surface area contributed by atoms with E-state index in [1.165, 1.54) is 17.0 Å². The Balaban J connectivity index is 2.40. The number of rotatable bonds is 1. The van der Waals surface area contributed by atoms with E-state index >= 15 is 0 Å². The maximum atomic E-state index is 12.2. The van der Waals surface area contributed by atoms with Gasteiger partial charge in [0.15, 0.2) is 11.5 Å². The molecule has 0 saturated carbocycles. The summed E-state index contributed by atoms with van der Waals surface area (Å²) in [5.41, 5.74) is -1.08. The summed E-state index contributed by atoms with van der Waals surface area (Å²) in [6.07, 6.45) is -1.77. The van der Waals surface area contributed by atoms with Gasteiger partial charge in [-0.2, -0.15) is 18.4 Å². The summed E-state index contributed by atoms with van der Waals surface area (Å²) in [6, 6.07) is 3.70. The number of alkyl halides is 3. The Labute approximate surface area is 93.2 Å². The lowest BCUT2D eigenvalue weighted by atomic mass is 10.4. The van der Waals surface area contributed by atoms with Crippen molar-refractivity contribution in [3.63, 3.8) is 0 Å². The fraction of sp³-hybridized carbons (Fsp3) is 0.111. The van der Waals surface area contributed by atoms with Crippen LogP contribution in [-0.4, -0.2) is 19.7 Å². The number of nitrogens with zero attached hydrogens (tertiary/aromatic N) is 5. The van der Waals surface area contributed by atoms with Crippen molar-refractivity contribution in [2.24, 2.45) is 0 Å². The maximum Gasteiger partial charge on any atom is 0.435 e. The molecule has 0 unspecified atom stereocenters. The zero-order chi connectivity index (χ0) is 12.5. The predicted octanol–water partition coefficient (Wildman–Crippen LogP) is 1.55. The molecule has 17 heavy (non-hydrogen) atoms. The summed E-state index contributed by atoms with van der Waals surface area (Å²) in [5, 5.41) is 15.1. The first-order chi connectivity index (χ1) is 8.02. The molecule has 2 heterocycles. The smallest absolute Gasteiger partial charge is 0.274 e. The fourth-order valence-corrected chi connectivity index (χ4v) is 1.18. The van der Waals surface area contributed by atoms with Gasteiger partial charge < -0.3 is 0 Å². The van der Waals surface area contributed by atoms with Gasteiger partial charge in [-0.25, -0.2) is 4.98 Å². The molecule has 8 heteroatoms. The predicted molar refractivity (Wildman–Crippen MR) is 48.9 cm³/mol.